The number of carbonyl (C=O) groups excluding carboxylic acids is 1. The molecular formula is C21H23BrN4OS. The van der Waals surface area contributed by atoms with Crippen LogP contribution in [0.25, 0.3) is 16.9 Å². The van der Waals surface area contributed by atoms with Crippen LogP contribution in [0, 0.1) is 0 Å². The highest BCUT2D eigenvalue weighted by atomic mass is 79.9. The average molecular weight is 459 g/mol. The number of rotatable bonds is 6. The second kappa shape index (κ2) is 8.19. The first-order valence-corrected chi connectivity index (χ1v) is 11.2. The van der Waals surface area contributed by atoms with Crippen LogP contribution in [0.3, 0.4) is 0 Å². The fourth-order valence-electron chi connectivity index (χ4n) is 3.50. The van der Waals surface area contributed by atoms with Crippen LogP contribution in [0.5, 0.6) is 0 Å². The van der Waals surface area contributed by atoms with Crippen LogP contribution in [-0.2, 0) is 12.8 Å². The molecule has 1 aliphatic rings. The summed E-state index contributed by atoms with van der Waals surface area (Å²) in [6.07, 6.45) is 1.81. The van der Waals surface area contributed by atoms with Gasteiger partial charge in [-0.1, -0.05) is 22.9 Å². The fraction of sp³-hybridized carbons (Fsp3) is 0.333. The second-order valence-corrected chi connectivity index (χ2v) is 8.89. The van der Waals surface area contributed by atoms with E-state index < -0.39 is 0 Å². The first-order chi connectivity index (χ1) is 13.6. The Kier molecular flexibility index (Phi) is 5.66. The second-order valence-electron chi connectivity index (χ2n) is 6.97. The van der Waals surface area contributed by atoms with Crippen molar-refractivity contribution >= 4 is 33.2 Å². The van der Waals surface area contributed by atoms with Gasteiger partial charge < -0.3 is 10.2 Å². The molecule has 0 aliphatic heterocycles. The summed E-state index contributed by atoms with van der Waals surface area (Å²) in [7, 11) is 2.05. The summed E-state index contributed by atoms with van der Waals surface area (Å²) in [5, 5.41) is 9.94. The highest BCUT2D eigenvalue weighted by Gasteiger charge is 2.29. The van der Waals surface area contributed by atoms with Crippen LogP contribution < -0.4 is 5.32 Å². The Bertz CT molecular complexity index is 993. The van der Waals surface area contributed by atoms with Gasteiger partial charge >= 0.3 is 0 Å². The Balaban J connectivity index is 1.72. The number of hydrogen-bond acceptors (Lipinski definition) is 4. The maximum absolute atomic E-state index is 12.9. The minimum absolute atomic E-state index is 0.0877. The molecule has 0 saturated heterocycles. The molecule has 2 heterocycles. The third-order valence-electron chi connectivity index (χ3n) is 5.19. The molecule has 7 heteroatoms. The molecule has 3 aromatic rings. The molecule has 4 rings (SSSR count). The van der Waals surface area contributed by atoms with Crippen molar-refractivity contribution in [3.63, 3.8) is 0 Å². The summed E-state index contributed by atoms with van der Waals surface area (Å²) in [4.78, 5) is 16.5. The van der Waals surface area contributed by atoms with Crippen molar-refractivity contribution in [2.75, 3.05) is 26.7 Å². The lowest BCUT2D eigenvalue weighted by atomic mass is 9.94. The zero-order valence-corrected chi connectivity index (χ0v) is 18.4. The predicted molar refractivity (Wildman–Crippen MR) is 117 cm³/mol. The molecule has 0 spiro atoms. The van der Waals surface area contributed by atoms with Gasteiger partial charge in [0, 0.05) is 33.6 Å². The molecule has 1 aromatic carbocycles. The SMILES string of the molecule is CCN(C)CCNC(=O)c1nn(-c2ccc(Br)cc2)c2c1CCc1sccc1-2. The van der Waals surface area contributed by atoms with Gasteiger partial charge in [-0.05, 0) is 62.1 Å². The van der Waals surface area contributed by atoms with Crippen molar-refractivity contribution in [3.05, 3.63) is 56.3 Å². The van der Waals surface area contributed by atoms with E-state index >= 15 is 0 Å². The summed E-state index contributed by atoms with van der Waals surface area (Å²) in [5.74, 6) is -0.0877. The topological polar surface area (TPSA) is 50.2 Å². The number of likely N-dealkylation sites (N-methyl/N-ethyl adjacent to an activating group) is 1. The number of hydrogen-bond donors (Lipinski definition) is 1. The van der Waals surface area contributed by atoms with Gasteiger partial charge in [-0.3, -0.25) is 4.79 Å². The van der Waals surface area contributed by atoms with Gasteiger partial charge in [0.2, 0.25) is 0 Å². The smallest absolute Gasteiger partial charge is 0.272 e. The van der Waals surface area contributed by atoms with Gasteiger partial charge in [0.05, 0.1) is 11.4 Å². The Hall–Kier alpha value is -1.96. The van der Waals surface area contributed by atoms with E-state index in [1.165, 1.54) is 10.4 Å². The Morgan fingerprint density at radius 1 is 1.29 bits per heavy atom. The Labute approximate surface area is 177 Å². The lowest BCUT2D eigenvalue weighted by molar-refractivity contribution is 0.0944. The number of aromatic nitrogens is 2. The van der Waals surface area contributed by atoms with Crippen LogP contribution in [0.2, 0.25) is 0 Å². The number of thiophene rings is 1. The number of fused-ring (bicyclic) bond motifs is 3. The molecule has 28 heavy (non-hydrogen) atoms. The van der Waals surface area contributed by atoms with Gasteiger partial charge in [-0.15, -0.1) is 11.3 Å². The minimum Gasteiger partial charge on any atom is -0.349 e. The van der Waals surface area contributed by atoms with Crippen molar-refractivity contribution in [2.45, 2.75) is 19.8 Å². The van der Waals surface area contributed by atoms with Crippen LogP contribution in [0.15, 0.2) is 40.2 Å². The number of halogens is 1. The maximum Gasteiger partial charge on any atom is 0.272 e. The minimum atomic E-state index is -0.0877. The number of amides is 1. The van der Waals surface area contributed by atoms with E-state index in [1.807, 2.05) is 36.0 Å². The molecule has 0 radical (unpaired) electrons. The third kappa shape index (κ3) is 3.66. The molecule has 146 valence electrons. The standard InChI is InChI=1S/C21H23BrN4OS/c1-3-25(2)12-11-23-21(27)19-17-8-9-18-16(10-13-28-18)20(17)26(24-19)15-6-4-14(22)5-7-15/h4-7,10,13H,3,8-9,11-12H2,1-2H3,(H,23,27). The van der Waals surface area contributed by atoms with E-state index in [0.29, 0.717) is 12.2 Å². The van der Waals surface area contributed by atoms with Crippen LogP contribution in [0.4, 0.5) is 0 Å². The van der Waals surface area contributed by atoms with E-state index in [9.17, 15) is 4.79 Å². The number of carbonyl (C=O) groups is 1. The first-order valence-electron chi connectivity index (χ1n) is 9.49. The monoisotopic (exact) mass is 458 g/mol. The van der Waals surface area contributed by atoms with E-state index in [2.05, 4.69) is 44.5 Å². The van der Waals surface area contributed by atoms with Crippen molar-refractivity contribution in [1.82, 2.24) is 20.0 Å². The highest BCUT2D eigenvalue weighted by Crippen LogP contribution is 2.39. The maximum atomic E-state index is 12.9. The fourth-order valence-corrected chi connectivity index (χ4v) is 4.65. The van der Waals surface area contributed by atoms with Crippen LogP contribution >= 0.6 is 27.3 Å². The first kappa shape index (κ1) is 19.4. The lowest BCUT2D eigenvalue weighted by Crippen LogP contribution is -2.33. The van der Waals surface area contributed by atoms with Crippen molar-refractivity contribution in [2.24, 2.45) is 0 Å². The number of nitrogens with one attached hydrogen (secondary N) is 1. The van der Waals surface area contributed by atoms with Gasteiger partial charge in [-0.2, -0.15) is 5.10 Å². The van der Waals surface area contributed by atoms with Crippen molar-refractivity contribution in [1.29, 1.82) is 0 Å². The van der Waals surface area contributed by atoms with Gasteiger partial charge in [0.25, 0.3) is 5.91 Å². The van der Waals surface area contributed by atoms with Crippen molar-refractivity contribution in [3.8, 4) is 16.9 Å². The normalized spacial score (nSPS) is 12.7. The molecule has 0 saturated carbocycles. The zero-order chi connectivity index (χ0) is 19.7. The zero-order valence-electron chi connectivity index (χ0n) is 16.0. The summed E-state index contributed by atoms with van der Waals surface area (Å²) in [6.45, 7) is 4.51. The summed E-state index contributed by atoms with van der Waals surface area (Å²) < 4.78 is 2.95. The van der Waals surface area contributed by atoms with Gasteiger partial charge in [0.1, 0.15) is 0 Å². The van der Waals surface area contributed by atoms with E-state index in [1.54, 1.807) is 11.3 Å². The summed E-state index contributed by atoms with van der Waals surface area (Å²) >= 11 is 5.27. The quantitative estimate of drug-likeness (QED) is 0.603. The number of benzene rings is 1. The highest BCUT2D eigenvalue weighted by molar-refractivity contribution is 9.10. The molecule has 1 N–H and O–H groups in total. The van der Waals surface area contributed by atoms with Crippen LogP contribution in [-0.4, -0.2) is 47.3 Å². The molecule has 0 unspecified atom stereocenters. The average Bonchev–Trinajstić information content (AvgIpc) is 3.32. The molecular weight excluding hydrogens is 436 g/mol. The molecule has 0 bridgehead atoms. The van der Waals surface area contributed by atoms with Gasteiger partial charge in [0.15, 0.2) is 5.69 Å². The predicted octanol–water partition coefficient (Wildman–Crippen LogP) is 4.14. The number of aryl methyl sites for hydroxylation is 1. The van der Waals surface area contributed by atoms with E-state index in [-0.39, 0.29) is 5.91 Å². The molecule has 2 aromatic heterocycles. The lowest BCUT2D eigenvalue weighted by Gasteiger charge is -2.16. The van der Waals surface area contributed by atoms with Crippen LogP contribution in [0.1, 0.15) is 27.9 Å². The third-order valence-corrected chi connectivity index (χ3v) is 6.70. The Morgan fingerprint density at radius 3 is 2.82 bits per heavy atom. The number of nitrogens with zero attached hydrogens (tertiary/aromatic N) is 3. The molecule has 5 nitrogen and oxygen atoms in total. The van der Waals surface area contributed by atoms with E-state index in [0.717, 1.165) is 47.3 Å². The van der Waals surface area contributed by atoms with Gasteiger partial charge in [-0.25, -0.2) is 4.68 Å². The van der Waals surface area contributed by atoms with E-state index in [4.69, 9.17) is 5.10 Å². The molecule has 0 fully saturated rings. The Morgan fingerprint density at radius 2 is 2.07 bits per heavy atom. The summed E-state index contributed by atoms with van der Waals surface area (Å²) in [6, 6.07) is 10.2. The summed E-state index contributed by atoms with van der Waals surface area (Å²) in [5.41, 5.74) is 4.82. The molecule has 1 aliphatic carbocycles. The van der Waals surface area contributed by atoms with Crippen molar-refractivity contribution < 1.29 is 4.79 Å². The molecule has 0 atom stereocenters. The molecule has 1 amide bonds. The largest absolute Gasteiger partial charge is 0.349 e.